The molecule has 0 atom stereocenters. The first kappa shape index (κ1) is 21.3. The van der Waals surface area contributed by atoms with Gasteiger partial charge in [-0.25, -0.2) is 19.7 Å². The number of piperidine rings is 1. The minimum Gasteiger partial charge on any atom is -0.410 e. The molecular formula is C25H28N6O2. The Balaban J connectivity index is 1.18. The summed E-state index contributed by atoms with van der Waals surface area (Å²) in [5.74, 6) is 8.17. The number of likely N-dealkylation sites (tertiary alicyclic amines) is 1. The number of amides is 1. The van der Waals surface area contributed by atoms with Gasteiger partial charge < -0.3 is 19.9 Å². The Morgan fingerprint density at radius 1 is 1.09 bits per heavy atom. The third kappa shape index (κ3) is 4.77. The molecule has 33 heavy (non-hydrogen) atoms. The molecule has 170 valence electrons. The van der Waals surface area contributed by atoms with Gasteiger partial charge in [0.2, 0.25) is 5.82 Å². The molecule has 2 aliphatic rings. The predicted molar refractivity (Wildman–Crippen MR) is 125 cm³/mol. The van der Waals surface area contributed by atoms with Crippen LogP contribution in [0.25, 0.3) is 11.2 Å². The van der Waals surface area contributed by atoms with Crippen LogP contribution in [-0.4, -0.2) is 43.6 Å². The largest absolute Gasteiger partial charge is 0.415 e. The van der Waals surface area contributed by atoms with E-state index in [1.807, 2.05) is 24.5 Å². The summed E-state index contributed by atoms with van der Waals surface area (Å²) >= 11 is 0. The van der Waals surface area contributed by atoms with E-state index >= 15 is 0 Å². The summed E-state index contributed by atoms with van der Waals surface area (Å²) in [4.78, 5) is 27.6. The van der Waals surface area contributed by atoms with E-state index in [2.05, 4.69) is 31.4 Å². The van der Waals surface area contributed by atoms with Crippen LogP contribution >= 0.6 is 0 Å². The maximum absolute atomic E-state index is 12.4. The van der Waals surface area contributed by atoms with Gasteiger partial charge >= 0.3 is 6.09 Å². The number of ether oxygens (including phenoxy) is 1. The molecule has 0 radical (unpaired) electrons. The monoisotopic (exact) mass is 444 g/mol. The molecule has 3 aromatic rings. The van der Waals surface area contributed by atoms with Crippen LogP contribution in [0.3, 0.4) is 0 Å². The summed E-state index contributed by atoms with van der Waals surface area (Å²) in [6.07, 6.45) is 8.85. The van der Waals surface area contributed by atoms with Crippen LogP contribution in [0.1, 0.15) is 56.8 Å². The van der Waals surface area contributed by atoms with Crippen molar-refractivity contribution in [1.82, 2.24) is 24.4 Å². The molecule has 1 aromatic carbocycles. The lowest BCUT2D eigenvalue weighted by Gasteiger charge is -2.30. The standard InChI is InChI=1S/C25H28N6O2/c26-23-22-24(31(17-27-22)19-8-4-5-9-19)29-21(28-23)12-6-7-18-13-15-30(16-14-18)25(32)33-20-10-2-1-3-11-20/h1-3,10-11,17-19H,4-5,7-9,13-16H2,(H2,26,28,29). The number of para-hydroxylation sites is 1. The number of nitrogens with two attached hydrogens (primary N) is 1. The second-order valence-electron chi connectivity index (χ2n) is 8.81. The van der Waals surface area contributed by atoms with Crippen LogP contribution in [0, 0.1) is 17.8 Å². The first-order valence-corrected chi connectivity index (χ1v) is 11.7. The molecular weight excluding hydrogens is 416 g/mol. The van der Waals surface area contributed by atoms with Crippen LogP contribution in [0.4, 0.5) is 10.6 Å². The van der Waals surface area contributed by atoms with E-state index in [1.165, 1.54) is 12.8 Å². The van der Waals surface area contributed by atoms with Gasteiger partial charge in [0.25, 0.3) is 0 Å². The third-order valence-electron chi connectivity index (χ3n) is 6.58. The molecule has 1 aliphatic heterocycles. The van der Waals surface area contributed by atoms with Crippen molar-refractivity contribution in [1.29, 1.82) is 0 Å². The van der Waals surface area contributed by atoms with Crippen molar-refractivity contribution < 1.29 is 9.53 Å². The van der Waals surface area contributed by atoms with Crippen LogP contribution in [0.2, 0.25) is 0 Å². The van der Waals surface area contributed by atoms with Gasteiger partial charge in [-0.3, -0.25) is 0 Å². The number of fused-ring (bicyclic) bond motifs is 1. The highest BCUT2D eigenvalue weighted by molar-refractivity contribution is 5.82. The fraction of sp³-hybridized carbons (Fsp3) is 0.440. The fourth-order valence-electron chi connectivity index (χ4n) is 4.69. The summed E-state index contributed by atoms with van der Waals surface area (Å²) in [5, 5.41) is 0. The van der Waals surface area contributed by atoms with Crippen LogP contribution in [0.15, 0.2) is 36.7 Å². The van der Waals surface area contributed by atoms with Crippen molar-refractivity contribution in [2.24, 2.45) is 5.92 Å². The zero-order valence-electron chi connectivity index (χ0n) is 18.6. The highest BCUT2D eigenvalue weighted by Gasteiger charge is 2.24. The number of anilines is 1. The van der Waals surface area contributed by atoms with Crippen molar-refractivity contribution in [2.45, 2.75) is 51.0 Å². The fourth-order valence-corrected chi connectivity index (χ4v) is 4.69. The van der Waals surface area contributed by atoms with Crippen molar-refractivity contribution in [3.8, 4) is 17.6 Å². The second-order valence-corrected chi connectivity index (χ2v) is 8.81. The number of nitrogens with zero attached hydrogens (tertiary/aromatic N) is 5. The third-order valence-corrected chi connectivity index (χ3v) is 6.58. The summed E-state index contributed by atoms with van der Waals surface area (Å²) < 4.78 is 7.57. The van der Waals surface area contributed by atoms with E-state index in [1.54, 1.807) is 17.0 Å². The number of aromatic nitrogens is 4. The Morgan fingerprint density at radius 2 is 1.85 bits per heavy atom. The Hall–Kier alpha value is -3.60. The van der Waals surface area contributed by atoms with Gasteiger partial charge in [0.15, 0.2) is 11.5 Å². The van der Waals surface area contributed by atoms with Crippen molar-refractivity contribution in [3.05, 3.63) is 42.5 Å². The van der Waals surface area contributed by atoms with E-state index in [0.717, 1.165) is 37.8 Å². The number of benzene rings is 1. The molecule has 5 rings (SSSR count). The average Bonchev–Trinajstić information content (AvgIpc) is 3.50. The van der Waals surface area contributed by atoms with Crippen molar-refractivity contribution in [2.75, 3.05) is 18.8 Å². The maximum Gasteiger partial charge on any atom is 0.415 e. The van der Waals surface area contributed by atoms with Gasteiger partial charge in [-0.2, -0.15) is 0 Å². The topological polar surface area (TPSA) is 99.2 Å². The molecule has 8 nitrogen and oxygen atoms in total. The predicted octanol–water partition coefficient (Wildman–Crippen LogP) is 4.18. The lowest BCUT2D eigenvalue weighted by Crippen LogP contribution is -2.40. The Bertz CT molecular complexity index is 1180. The average molecular weight is 445 g/mol. The number of rotatable bonds is 3. The van der Waals surface area contributed by atoms with Crippen molar-refractivity contribution >= 4 is 23.1 Å². The zero-order valence-corrected chi connectivity index (χ0v) is 18.6. The van der Waals surface area contributed by atoms with Gasteiger partial charge in [0.1, 0.15) is 11.3 Å². The molecule has 0 bridgehead atoms. The highest BCUT2D eigenvalue weighted by atomic mass is 16.6. The molecule has 2 N–H and O–H groups in total. The zero-order chi connectivity index (χ0) is 22.6. The normalized spacial score (nSPS) is 17.2. The number of hydrogen-bond acceptors (Lipinski definition) is 6. The summed E-state index contributed by atoms with van der Waals surface area (Å²) in [7, 11) is 0. The summed E-state index contributed by atoms with van der Waals surface area (Å²) in [6.45, 7) is 1.35. The minimum atomic E-state index is -0.290. The van der Waals surface area contributed by atoms with E-state index in [-0.39, 0.29) is 6.09 Å². The first-order chi connectivity index (χ1) is 16.2. The lowest BCUT2D eigenvalue weighted by atomic mass is 9.94. The molecule has 2 aromatic heterocycles. The maximum atomic E-state index is 12.4. The number of nitrogen functional groups attached to an aromatic ring is 1. The molecule has 1 aliphatic carbocycles. The van der Waals surface area contributed by atoms with Crippen LogP contribution < -0.4 is 10.5 Å². The van der Waals surface area contributed by atoms with E-state index in [4.69, 9.17) is 10.5 Å². The molecule has 3 heterocycles. The molecule has 0 spiro atoms. The molecule has 1 saturated carbocycles. The van der Waals surface area contributed by atoms with Gasteiger partial charge in [-0.15, -0.1) is 0 Å². The highest BCUT2D eigenvalue weighted by Crippen LogP contribution is 2.32. The molecule has 0 unspecified atom stereocenters. The Labute approximate surface area is 193 Å². The van der Waals surface area contributed by atoms with Gasteiger partial charge in [-0.05, 0) is 49.7 Å². The quantitative estimate of drug-likeness (QED) is 0.609. The van der Waals surface area contributed by atoms with Gasteiger partial charge in [-0.1, -0.05) is 37.0 Å². The second kappa shape index (κ2) is 9.49. The van der Waals surface area contributed by atoms with Gasteiger partial charge in [0, 0.05) is 25.6 Å². The molecule has 8 heteroatoms. The molecule has 1 saturated heterocycles. The number of carbonyl (C=O) groups excluding carboxylic acids is 1. The van der Waals surface area contributed by atoms with Crippen molar-refractivity contribution in [3.63, 3.8) is 0 Å². The van der Waals surface area contributed by atoms with E-state index in [9.17, 15) is 4.79 Å². The lowest BCUT2D eigenvalue weighted by molar-refractivity contribution is 0.131. The number of imidazole rings is 1. The SMILES string of the molecule is Nc1nc(C#CCC2CCN(C(=O)Oc3ccccc3)CC2)nc2c1ncn2C1CCCC1. The summed E-state index contributed by atoms with van der Waals surface area (Å²) in [5.41, 5.74) is 7.57. The van der Waals surface area contributed by atoms with E-state index < -0.39 is 0 Å². The number of hydrogen-bond donors (Lipinski definition) is 1. The Morgan fingerprint density at radius 3 is 2.61 bits per heavy atom. The van der Waals surface area contributed by atoms with Crippen LogP contribution in [-0.2, 0) is 0 Å². The Kier molecular flexibility index (Phi) is 6.11. The molecule has 1 amide bonds. The summed E-state index contributed by atoms with van der Waals surface area (Å²) in [6, 6.07) is 9.60. The first-order valence-electron chi connectivity index (χ1n) is 11.7. The molecule has 2 fully saturated rings. The van der Waals surface area contributed by atoms with Crippen LogP contribution in [0.5, 0.6) is 5.75 Å². The van der Waals surface area contributed by atoms with Gasteiger partial charge in [0.05, 0.1) is 6.33 Å². The van der Waals surface area contributed by atoms with E-state index in [0.29, 0.717) is 48.0 Å². The number of carbonyl (C=O) groups is 1. The minimum absolute atomic E-state index is 0.290. The smallest absolute Gasteiger partial charge is 0.410 e.